The second-order valence-electron chi connectivity index (χ2n) is 11.6. The molecule has 2 aliphatic heterocycles. The first-order chi connectivity index (χ1) is 20.4. The first-order valence-corrected chi connectivity index (χ1v) is 14.7. The Labute approximate surface area is 244 Å². The van der Waals surface area contributed by atoms with Gasteiger partial charge in [-0.1, -0.05) is 13.8 Å². The minimum atomic E-state index is -0.404. The highest BCUT2D eigenvalue weighted by Crippen LogP contribution is 2.27. The average Bonchev–Trinajstić information content (AvgIpc) is 3.67. The third-order valence-electron chi connectivity index (χ3n) is 8.02. The van der Waals surface area contributed by atoms with Crippen molar-refractivity contribution in [3.8, 4) is 5.75 Å². The second-order valence-corrected chi connectivity index (χ2v) is 11.6. The van der Waals surface area contributed by atoms with Crippen molar-refractivity contribution >= 4 is 28.5 Å². The predicted molar refractivity (Wildman–Crippen MR) is 160 cm³/mol. The van der Waals surface area contributed by atoms with Crippen LogP contribution in [-0.4, -0.2) is 69.5 Å². The van der Waals surface area contributed by atoms with E-state index in [1.165, 1.54) is 11.0 Å². The molecule has 220 valence electrons. The molecular formula is C31H37N7O4. The summed E-state index contributed by atoms with van der Waals surface area (Å²) < 4.78 is 13.5. The number of carbonyl (C=O) groups excluding carboxylic acids is 1. The zero-order valence-corrected chi connectivity index (χ0v) is 24.3. The van der Waals surface area contributed by atoms with Gasteiger partial charge in [-0.05, 0) is 69.7 Å². The van der Waals surface area contributed by atoms with E-state index < -0.39 is 5.56 Å². The molecule has 2 aliphatic rings. The quantitative estimate of drug-likeness (QED) is 0.285. The van der Waals surface area contributed by atoms with Crippen molar-refractivity contribution in [3.63, 3.8) is 0 Å². The molecule has 42 heavy (non-hydrogen) atoms. The number of Topliss-reactive ketones (excluding diaryl/α,β-unsaturated/α-hetero) is 1. The van der Waals surface area contributed by atoms with Gasteiger partial charge in [0.05, 0.1) is 12.1 Å². The maximum absolute atomic E-state index is 13.8. The van der Waals surface area contributed by atoms with Crippen LogP contribution in [0.15, 0.2) is 52.1 Å². The van der Waals surface area contributed by atoms with Gasteiger partial charge in [-0.2, -0.15) is 4.98 Å². The number of pyridine rings is 1. The summed E-state index contributed by atoms with van der Waals surface area (Å²) in [6, 6.07) is 9.30. The van der Waals surface area contributed by atoms with E-state index in [-0.39, 0.29) is 35.8 Å². The number of hydrogen-bond donors (Lipinski definition) is 2. The fourth-order valence-electron chi connectivity index (χ4n) is 5.76. The van der Waals surface area contributed by atoms with Gasteiger partial charge in [0.15, 0.2) is 12.2 Å². The Bertz CT molecular complexity index is 1620. The lowest BCUT2D eigenvalue weighted by Gasteiger charge is -2.30. The number of likely N-dealkylation sites (tertiary alicyclic amines) is 1. The number of ketones is 1. The van der Waals surface area contributed by atoms with Crippen LogP contribution in [0, 0.1) is 5.92 Å². The Morgan fingerprint density at radius 1 is 1.21 bits per heavy atom. The zero-order chi connectivity index (χ0) is 29.2. The molecule has 11 heteroatoms. The van der Waals surface area contributed by atoms with Crippen LogP contribution in [0.3, 0.4) is 0 Å². The van der Waals surface area contributed by atoms with Crippen LogP contribution in [0.5, 0.6) is 5.75 Å². The highest BCUT2D eigenvalue weighted by molar-refractivity contribution is 5.99. The lowest BCUT2D eigenvalue weighted by Crippen LogP contribution is -2.38. The molecule has 11 nitrogen and oxygen atoms in total. The molecule has 4 aromatic rings. The van der Waals surface area contributed by atoms with Crippen LogP contribution in [-0.2, 0) is 6.54 Å². The SMILES string of the molecule is CC(C)C(=O)c1cc2cnc(Nc3ccc(OC4CCCN(C)C4)cc3)nc2n(Cc2ncoc2C2CCNC2)c1=O. The topological polar surface area (TPSA) is 127 Å². The molecule has 1 aromatic carbocycles. The Morgan fingerprint density at radius 2 is 2.05 bits per heavy atom. The summed E-state index contributed by atoms with van der Waals surface area (Å²) in [7, 11) is 2.12. The number of oxazole rings is 1. The fourth-order valence-corrected chi connectivity index (χ4v) is 5.76. The summed E-state index contributed by atoms with van der Waals surface area (Å²) in [6.07, 6.45) is 6.36. The molecule has 0 saturated carbocycles. The van der Waals surface area contributed by atoms with Crippen LogP contribution in [0.25, 0.3) is 11.0 Å². The predicted octanol–water partition coefficient (Wildman–Crippen LogP) is 3.96. The number of rotatable bonds is 9. The molecule has 2 atom stereocenters. The van der Waals surface area contributed by atoms with Crippen molar-refractivity contribution in [3.05, 3.63) is 70.3 Å². The normalized spacial score (nSPS) is 19.4. The van der Waals surface area contributed by atoms with Gasteiger partial charge in [-0.15, -0.1) is 0 Å². The molecule has 0 spiro atoms. The van der Waals surface area contributed by atoms with E-state index in [0.717, 1.165) is 62.6 Å². The Kier molecular flexibility index (Phi) is 8.03. The van der Waals surface area contributed by atoms with E-state index >= 15 is 0 Å². The minimum absolute atomic E-state index is 0.120. The summed E-state index contributed by atoms with van der Waals surface area (Å²) in [5, 5.41) is 7.18. The molecule has 2 saturated heterocycles. The molecule has 2 fully saturated rings. The first-order valence-electron chi connectivity index (χ1n) is 14.7. The van der Waals surface area contributed by atoms with Gasteiger partial charge in [0.1, 0.15) is 29.0 Å². The van der Waals surface area contributed by atoms with E-state index in [1.54, 1.807) is 26.1 Å². The number of anilines is 2. The number of carbonyl (C=O) groups is 1. The number of fused-ring (bicyclic) bond motifs is 1. The second kappa shape index (κ2) is 12.0. The maximum atomic E-state index is 13.8. The summed E-state index contributed by atoms with van der Waals surface area (Å²) in [4.78, 5) is 42.7. The van der Waals surface area contributed by atoms with Crippen molar-refractivity contribution in [1.82, 2.24) is 29.7 Å². The largest absolute Gasteiger partial charge is 0.489 e. The zero-order valence-electron chi connectivity index (χ0n) is 24.3. The van der Waals surface area contributed by atoms with Gasteiger partial charge in [-0.3, -0.25) is 14.2 Å². The van der Waals surface area contributed by atoms with Gasteiger partial charge in [0.2, 0.25) is 5.95 Å². The van der Waals surface area contributed by atoms with Gasteiger partial charge >= 0.3 is 0 Å². The Morgan fingerprint density at radius 3 is 2.79 bits per heavy atom. The standard InChI is InChI=1S/C31H37N7O4/c1-19(2)27(39)25-13-21-15-33-31(35-22-6-8-23(9-7-22)42-24-5-4-12-37(3)16-24)36-29(21)38(30(25)40)17-26-28(41-18-34-26)20-10-11-32-14-20/h6-9,13,15,18-20,24,32H,4-5,10-12,14,16-17H2,1-3H3,(H,33,35,36). The molecule has 0 radical (unpaired) electrons. The van der Waals surface area contributed by atoms with Crippen LogP contribution >= 0.6 is 0 Å². The molecule has 2 unspecified atom stereocenters. The molecule has 6 rings (SSSR count). The Hall–Kier alpha value is -4.09. The van der Waals surface area contributed by atoms with Gasteiger partial charge in [-0.25, -0.2) is 9.97 Å². The van der Waals surface area contributed by atoms with E-state index in [0.29, 0.717) is 22.7 Å². The van der Waals surface area contributed by atoms with Crippen molar-refractivity contribution in [1.29, 1.82) is 0 Å². The lowest BCUT2D eigenvalue weighted by molar-refractivity contribution is 0.0937. The molecule has 0 bridgehead atoms. The number of benzene rings is 1. The lowest BCUT2D eigenvalue weighted by atomic mass is 10.0. The first kappa shape index (κ1) is 28.0. The van der Waals surface area contributed by atoms with Gasteiger partial charge in [0, 0.05) is 42.2 Å². The van der Waals surface area contributed by atoms with Crippen molar-refractivity contribution in [2.24, 2.45) is 5.92 Å². The van der Waals surface area contributed by atoms with Crippen molar-refractivity contribution < 1.29 is 13.9 Å². The number of ether oxygens (including phenoxy) is 1. The van der Waals surface area contributed by atoms with E-state index in [1.807, 2.05) is 24.3 Å². The van der Waals surface area contributed by atoms with Crippen molar-refractivity contribution in [2.45, 2.75) is 51.7 Å². The third-order valence-corrected chi connectivity index (χ3v) is 8.02. The highest BCUT2D eigenvalue weighted by atomic mass is 16.5. The molecule has 5 heterocycles. The van der Waals surface area contributed by atoms with Crippen molar-refractivity contribution in [2.75, 3.05) is 38.5 Å². The van der Waals surface area contributed by atoms with E-state index in [2.05, 4.69) is 32.5 Å². The molecular weight excluding hydrogens is 534 g/mol. The highest BCUT2D eigenvalue weighted by Gasteiger charge is 2.26. The monoisotopic (exact) mass is 571 g/mol. The third kappa shape index (κ3) is 5.93. The van der Waals surface area contributed by atoms with Gasteiger partial charge < -0.3 is 24.7 Å². The Balaban J connectivity index is 1.30. The smallest absolute Gasteiger partial charge is 0.263 e. The molecule has 0 amide bonds. The average molecular weight is 572 g/mol. The molecule has 3 aromatic heterocycles. The fraction of sp³-hybridized carbons (Fsp3) is 0.452. The number of nitrogens with zero attached hydrogens (tertiary/aromatic N) is 5. The number of hydrogen-bond acceptors (Lipinski definition) is 10. The summed E-state index contributed by atoms with van der Waals surface area (Å²) in [5.74, 6) is 1.54. The van der Waals surface area contributed by atoms with Crippen LogP contribution in [0.1, 0.15) is 60.8 Å². The molecule has 0 aliphatic carbocycles. The summed E-state index contributed by atoms with van der Waals surface area (Å²) >= 11 is 0. The summed E-state index contributed by atoms with van der Waals surface area (Å²) in [6.45, 7) is 7.43. The number of nitrogens with one attached hydrogen (secondary N) is 2. The van der Waals surface area contributed by atoms with Crippen LogP contribution in [0.2, 0.25) is 0 Å². The number of piperidine rings is 1. The van der Waals surface area contributed by atoms with Crippen LogP contribution < -0.4 is 20.9 Å². The number of aromatic nitrogens is 4. The molecule has 2 N–H and O–H groups in total. The number of likely N-dealkylation sites (N-methyl/N-ethyl adjacent to an activating group) is 1. The van der Waals surface area contributed by atoms with Crippen LogP contribution in [0.4, 0.5) is 11.6 Å². The van der Waals surface area contributed by atoms with E-state index in [9.17, 15) is 9.59 Å². The van der Waals surface area contributed by atoms with E-state index in [4.69, 9.17) is 14.1 Å². The minimum Gasteiger partial charge on any atom is -0.489 e. The van der Waals surface area contributed by atoms with Gasteiger partial charge in [0.25, 0.3) is 5.56 Å². The summed E-state index contributed by atoms with van der Waals surface area (Å²) in [5.41, 5.74) is 1.58. The maximum Gasteiger partial charge on any atom is 0.263 e.